The second-order valence-electron chi connectivity index (χ2n) is 7.43. The Bertz CT molecular complexity index is 778. The monoisotopic (exact) mass is 434 g/mol. The maximum Gasteiger partial charge on any atom is 0.319 e. The summed E-state index contributed by atoms with van der Waals surface area (Å²) in [5.41, 5.74) is 0.542. The van der Waals surface area contributed by atoms with Crippen molar-refractivity contribution in [3.63, 3.8) is 0 Å². The molecule has 3 rings (SSSR count). The van der Waals surface area contributed by atoms with Crippen LogP contribution in [0.2, 0.25) is 0 Å². The number of thioether (sulfide) groups is 1. The van der Waals surface area contributed by atoms with E-state index in [4.69, 9.17) is 9.47 Å². The number of anilines is 1. The highest BCUT2D eigenvalue weighted by molar-refractivity contribution is 8.15. The summed E-state index contributed by atoms with van der Waals surface area (Å²) < 4.78 is 10.4. The van der Waals surface area contributed by atoms with Gasteiger partial charge in [-0.05, 0) is 31.4 Å². The van der Waals surface area contributed by atoms with Gasteiger partial charge >= 0.3 is 6.03 Å². The summed E-state index contributed by atoms with van der Waals surface area (Å²) in [5.74, 6) is 1.02. The molecule has 30 heavy (non-hydrogen) atoms. The highest BCUT2D eigenvalue weighted by atomic mass is 32.2. The fraction of sp³-hybridized carbons (Fsp3) is 0.571. The van der Waals surface area contributed by atoms with Gasteiger partial charge in [0.15, 0.2) is 5.17 Å². The molecule has 0 aromatic heterocycles. The largest absolute Gasteiger partial charge is 0.497 e. The lowest BCUT2D eigenvalue weighted by molar-refractivity contribution is -0.117. The molecule has 3 N–H and O–H groups in total. The molecule has 2 aliphatic rings. The van der Waals surface area contributed by atoms with Gasteiger partial charge in [0.1, 0.15) is 11.5 Å². The average Bonchev–Trinajstić information content (AvgIpc) is 2.92. The third-order valence-electron chi connectivity index (χ3n) is 5.27. The van der Waals surface area contributed by atoms with E-state index in [0.717, 1.165) is 18.0 Å². The molecule has 9 heteroatoms. The minimum absolute atomic E-state index is 0.129. The normalized spacial score (nSPS) is 19.6. The smallest absolute Gasteiger partial charge is 0.319 e. The fourth-order valence-electron chi connectivity index (χ4n) is 3.62. The number of amidine groups is 1. The van der Waals surface area contributed by atoms with E-state index in [1.54, 1.807) is 25.3 Å². The van der Waals surface area contributed by atoms with Gasteiger partial charge in [0.05, 0.1) is 25.2 Å². The average molecular weight is 435 g/mol. The number of carbonyl (C=O) groups is 2. The second kappa shape index (κ2) is 11.1. The van der Waals surface area contributed by atoms with Crippen LogP contribution in [-0.2, 0) is 4.79 Å². The molecule has 0 radical (unpaired) electrons. The molecule has 8 nitrogen and oxygen atoms in total. The Hall–Kier alpha value is -2.42. The van der Waals surface area contributed by atoms with Crippen molar-refractivity contribution >= 4 is 34.6 Å². The summed E-state index contributed by atoms with van der Waals surface area (Å²) in [7, 11) is 3.10. The standard InChI is InChI=1S/C21H30N4O4S/c1-28-15-9-10-16(17(13-15)29-2)24-20(27)22-12-11-18-19(26)25-21(30-18)23-14-7-5-3-4-6-8-14/h9-10,13-14,18H,3-8,11-12H2,1-2H3,(H2,22,24,27)(H,23,25,26). The van der Waals surface area contributed by atoms with Crippen LogP contribution in [0.4, 0.5) is 10.5 Å². The summed E-state index contributed by atoms with van der Waals surface area (Å²) in [6, 6.07) is 5.21. The van der Waals surface area contributed by atoms with Gasteiger partial charge in [0.25, 0.3) is 5.91 Å². The SMILES string of the molecule is COc1ccc(NC(=O)NCCC2SC(NC3CCCCCC3)=NC2=O)c(OC)c1. The summed E-state index contributed by atoms with van der Waals surface area (Å²) >= 11 is 1.47. The number of hydrogen-bond acceptors (Lipinski definition) is 6. The number of methoxy groups -OCH3 is 2. The van der Waals surface area contributed by atoms with Crippen LogP contribution in [0.1, 0.15) is 44.9 Å². The number of amides is 3. The number of nitrogens with zero attached hydrogens (tertiary/aromatic N) is 1. The molecular weight excluding hydrogens is 404 g/mol. The van der Waals surface area contributed by atoms with Crippen molar-refractivity contribution in [2.75, 3.05) is 26.1 Å². The van der Waals surface area contributed by atoms with Gasteiger partial charge in [-0.2, -0.15) is 4.99 Å². The molecule has 1 unspecified atom stereocenters. The van der Waals surface area contributed by atoms with E-state index in [-0.39, 0.29) is 17.2 Å². The van der Waals surface area contributed by atoms with Crippen molar-refractivity contribution in [1.29, 1.82) is 0 Å². The van der Waals surface area contributed by atoms with Gasteiger partial charge in [0, 0.05) is 18.7 Å². The first-order valence-electron chi connectivity index (χ1n) is 10.4. The molecule has 164 valence electrons. The Morgan fingerprint density at radius 3 is 2.63 bits per heavy atom. The molecule has 1 saturated carbocycles. The number of benzene rings is 1. The van der Waals surface area contributed by atoms with Crippen molar-refractivity contribution in [3.8, 4) is 11.5 Å². The summed E-state index contributed by atoms with van der Waals surface area (Å²) in [5, 5.41) is 9.46. The van der Waals surface area contributed by atoms with Crippen molar-refractivity contribution in [2.24, 2.45) is 4.99 Å². The number of nitrogens with one attached hydrogen (secondary N) is 3. The van der Waals surface area contributed by atoms with Crippen molar-refractivity contribution in [1.82, 2.24) is 10.6 Å². The summed E-state index contributed by atoms with van der Waals surface area (Å²) in [6.07, 6.45) is 7.82. The van der Waals surface area contributed by atoms with Crippen molar-refractivity contribution < 1.29 is 19.1 Å². The Labute approximate surface area is 181 Å². The molecule has 1 aromatic carbocycles. The van der Waals surface area contributed by atoms with E-state index in [2.05, 4.69) is 20.9 Å². The maximum absolute atomic E-state index is 12.2. The van der Waals surface area contributed by atoms with Crippen molar-refractivity contribution in [2.45, 2.75) is 56.2 Å². The zero-order valence-electron chi connectivity index (χ0n) is 17.5. The first kappa shape index (κ1) is 22.3. The van der Waals surface area contributed by atoms with Gasteiger partial charge in [0.2, 0.25) is 0 Å². The topological polar surface area (TPSA) is 101 Å². The number of ether oxygens (including phenoxy) is 2. The van der Waals surface area contributed by atoms with Crippen LogP contribution in [0.3, 0.4) is 0 Å². The third kappa shape index (κ3) is 6.29. The van der Waals surface area contributed by atoms with Crippen LogP contribution in [0.25, 0.3) is 0 Å². The predicted molar refractivity (Wildman–Crippen MR) is 120 cm³/mol. The molecular formula is C21H30N4O4S. The minimum atomic E-state index is -0.355. The van der Waals surface area contributed by atoms with Gasteiger partial charge < -0.3 is 25.4 Å². The Morgan fingerprint density at radius 2 is 1.93 bits per heavy atom. The zero-order valence-corrected chi connectivity index (χ0v) is 18.3. The molecule has 1 aliphatic carbocycles. The fourth-order valence-corrected chi connectivity index (χ4v) is 4.65. The molecule has 1 atom stereocenters. The quantitative estimate of drug-likeness (QED) is 0.568. The van der Waals surface area contributed by atoms with Crippen LogP contribution in [0, 0.1) is 0 Å². The van der Waals surface area contributed by atoms with Crippen LogP contribution < -0.4 is 25.4 Å². The zero-order chi connectivity index (χ0) is 21.3. The molecule has 0 spiro atoms. The van der Waals surface area contributed by atoms with Crippen molar-refractivity contribution in [3.05, 3.63) is 18.2 Å². The van der Waals surface area contributed by atoms with E-state index in [1.165, 1.54) is 44.6 Å². The maximum atomic E-state index is 12.2. The number of rotatable bonds is 7. The Kier molecular flexibility index (Phi) is 8.24. The van der Waals surface area contributed by atoms with E-state index < -0.39 is 0 Å². The second-order valence-corrected chi connectivity index (χ2v) is 8.62. The first-order chi connectivity index (χ1) is 14.6. The van der Waals surface area contributed by atoms with Gasteiger partial charge in [-0.3, -0.25) is 4.79 Å². The highest BCUT2D eigenvalue weighted by Gasteiger charge is 2.29. The molecule has 1 fully saturated rings. The lowest BCUT2D eigenvalue weighted by atomic mass is 10.1. The van der Waals surface area contributed by atoms with Crippen LogP contribution in [-0.4, -0.2) is 49.2 Å². The summed E-state index contributed by atoms with van der Waals surface area (Å²) in [4.78, 5) is 28.6. The van der Waals surface area contributed by atoms with E-state index in [9.17, 15) is 9.59 Å². The number of aliphatic imine (C=N–C) groups is 1. The lowest BCUT2D eigenvalue weighted by Gasteiger charge is -2.17. The van der Waals surface area contributed by atoms with Crippen LogP contribution in [0.15, 0.2) is 23.2 Å². The van der Waals surface area contributed by atoms with E-state index in [0.29, 0.717) is 36.2 Å². The van der Waals surface area contributed by atoms with Gasteiger partial charge in [-0.1, -0.05) is 37.4 Å². The number of carbonyl (C=O) groups excluding carboxylic acids is 2. The predicted octanol–water partition coefficient (Wildman–Crippen LogP) is 3.53. The summed E-state index contributed by atoms with van der Waals surface area (Å²) in [6.45, 7) is 0.375. The molecule has 0 bridgehead atoms. The Morgan fingerprint density at radius 1 is 1.17 bits per heavy atom. The van der Waals surface area contributed by atoms with Crippen LogP contribution in [0.5, 0.6) is 11.5 Å². The molecule has 1 aliphatic heterocycles. The van der Waals surface area contributed by atoms with Gasteiger partial charge in [-0.15, -0.1) is 0 Å². The molecule has 1 aromatic rings. The number of hydrogen-bond donors (Lipinski definition) is 3. The molecule has 0 saturated heterocycles. The van der Waals surface area contributed by atoms with Crippen LogP contribution >= 0.6 is 11.8 Å². The third-order valence-corrected chi connectivity index (χ3v) is 6.43. The van der Waals surface area contributed by atoms with E-state index >= 15 is 0 Å². The Balaban J connectivity index is 1.41. The molecule has 1 heterocycles. The molecule has 3 amide bonds. The highest BCUT2D eigenvalue weighted by Crippen LogP contribution is 2.29. The first-order valence-corrected chi connectivity index (χ1v) is 11.3. The van der Waals surface area contributed by atoms with Gasteiger partial charge in [-0.25, -0.2) is 4.79 Å². The minimum Gasteiger partial charge on any atom is -0.497 e. The lowest BCUT2D eigenvalue weighted by Crippen LogP contribution is -2.33. The number of urea groups is 1. The van der Waals surface area contributed by atoms with E-state index in [1.807, 2.05) is 0 Å².